The maximum atomic E-state index is 12.0. The van der Waals surface area contributed by atoms with Crippen LogP contribution in [0.1, 0.15) is 19.8 Å². The Balaban J connectivity index is 2.54. The molecular formula is C15H22N2O4. The molecule has 1 aromatic rings. The molecule has 6 nitrogen and oxygen atoms in total. The molecule has 0 fully saturated rings. The second-order valence-electron chi connectivity index (χ2n) is 4.60. The highest BCUT2D eigenvalue weighted by Crippen LogP contribution is 2.17. The van der Waals surface area contributed by atoms with Crippen molar-refractivity contribution in [2.24, 2.45) is 11.7 Å². The summed E-state index contributed by atoms with van der Waals surface area (Å²) in [6.45, 7) is 2.21. The Morgan fingerprint density at radius 2 is 1.95 bits per heavy atom. The van der Waals surface area contributed by atoms with Crippen molar-refractivity contribution in [3.63, 3.8) is 0 Å². The third-order valence-corrected chi connectivity index (χ3v) is 3.00. The fourth-order valence-corrected chi connectivity index (χ4v) is 1.78. The molecule has 1 atom stereocenters. The van der Waals surface area contributed by atoms with Crippen LogP contribution in [0.3, 0.4) is 0 Å². The highest BCUT2D eigenvalue weighted by molar-refractivity contribution is 5.92. The molecule has 0 spiro atoms. The van der Waals surface area contributed by atoms with E-state index in [1.807, 2.05) is 6.92 Å². The standard InChI is InChI=1S/C15H22N2O4/c1-3-4-11(9-16)15(19)17-12-5-7-13(8-6-12)21-10-14(18)20-2/h5-8,11H,3-4,9-10,16H2,1-2H3,(H,17,19). The van der Waals surface area contributed by atoms with Crippen LogP contribution in [0.2, 0.25) is 0 Å². The first-order valence-corrected chi connectivity index (χ1v) is 6.91. The number of nitrogens with one attached hydrogen (secondary N) is 1. The van der Waals surface area contributed by atoms with E-state index in [1.165, 1.54) is 7.11 Å². The Bertz CT molecular complexity index is 459. The average Bonchev–Trinajstić information content (AvgIpc) is 2.51. The number of amides is 1. The van der Waals surface area contributed by atoms with Gasteiger partial charge in [-0.05, 0) is 30.7 Å². The number of nitrogens with two attached hydrogens (primary N) is 1. The van der Waals surface area contributed by atoms with Gasteiger partial charge in [0.15, 0.2) is 6.61 Å². The van der Waals surface area contributed by atoms with Gasteiger partial charge < -0.3 is 20.5 Å². The molecule has 1 aromatic carbocycles. The van der Waals surface area contributed by atoms with E-state index in [0.717, 1.165) is 12.8 Å². The predicted octanol–water partition coefficient (Wildman–Crippen LogP) is 1.55. The summed E-state index contributed by atoms with van der Waals surface area (Å²) >= 11 is 0. The summed E-state index contributed by atoms with van der Waals surface area (Å²) in [5, 5.41) is 2.81. The van der Waals surface area contributed by atoms with Gasteiger partial charge in [-0.2, -0.15) is 0 Å². The zero-order valence-corrected chi connectivity index (χ0v) is 12.4. The van der Waals surface area contributed by atoms with Crippen LogP contribution in [0.25, 0.3) is 0 Å². The van der Waals surface area contributed by atoms with E-state index in [4.69, 9.17) is 10.5 Å². The van der Waals surface area contributed by atoms with Crippen molar-refractivity contribution in [2.75, 3.05) is 25.6 Å². The number of ether oxygens (including phenoxy) is 2. The van der Waals surface area contributed by atoms with Gasteiger partial charge in [0.25, 0.3) is 0 Å². The molecule has 21 heavy (non-hydrogen) atoms. The van der Waals surface area contributed by atoms with Crippen molar-refractivity contribution in [3.05, 3.63) is 24.3 Å². The van der Waals surface area contributed by atoms with E-state index >= 15 is 0 Å². The minimum atomic E-state index is -0.447. The molecule has 0 aliphatic rings. The van der Waals surface area contributed by atoms with Gasteiger partial charge in [0.2, 0.25) is 5.91 Å². The highest BCUT2D eigenvalue weighted by Gasteiger charge is 2.15. The molecule has 0 aliphatic carbocycles. The van der Waals surface area contributed by atoms with Crippen LogP contribution in [-0.4, -0.2) is 32.1 Å². The second kappa shape index (κ2) is 8.97. The number of benzene rings is 1. The SMILES string of the molecule is CCCC(CN)C(=O)Nc1ccc(OCC(=O)OC)cc1. The van der Waals surface area contributed by atoms with Gasteiger partial charge in [-0.15, -0.1) is 0 Å². The first-order valence-electron chi connectivity index (χ1n) is 6.91. The van der Waals surface area contributed by atoms with Crippen molar-refractivity contribution in [3.8, 4) is 5.75 Å². The third kappa shape index (κ3) is 5.83. The summed E-state index contributed by atoms with van der Waals surface area (Å²) in [7, 11) is 1.30. The normalized spacial score (nSPS) is 11.6. The molecule has 0 bridgehead atoms. The smallest absolute Gasteiger partial charge is 0.343 e. The Hall–Kier alpha value is -2.08. The van der Waals surface area contributed by atoms with Gasteiger partial charge in [0.05, 0.1) is 13.0 Å². The molecule has 0 saturated heterocycles. The number of rotatable bonds is 8. The molecule has 6 heteroatoms. The predicted molar refractivity (Wildman–Crippen MR) is 80.0 cm³/mol. The minimum absolute atomic E-state index is 0.0809. The van der Waals surface area contributed by atoms with Crippen molar-refractivity contribution in [2.45, 2.75) is 19.8 Å². The highest BCUT2D eigenvalue weighted by atomic mass is 16.6. The van der Waals surface area contributed by atoms with Gasteiger partial charge >= 0.3 is 5.97 Å². The molecule has 0 radical (unpaired) electrons. The van der Waals surface area contributed by atoms with Crippen LogP contribution in [0.4, 0.5) is 5.69 Å². The molecular weight excluding hydrogens is 272 g/mol. The van der Waals surface area contributed by atoms with Gasteiger partial charge in [-0.3, -0.25) is 4.79 Å². The molecule has 1 unspecified atom stereocenters. The van der Waals surface area contributed by atoms with E-state index in [2.05, 4.69) is 10.1 Å². The third-order valence-electron chi connectivity index (χ3n) is 3.00. The van der Waals surface area contributed by atoms with Gasteiger partial charge in [-0.1, -0.05) is 13.3 Å². The lowest BCUT2D eigenvalue weighted by atomic mass is 10.0. The monoisotopic (exact) mass is 294 g/mol. The summed E-state index contributed by atoms with van der Waals surface area (Å²) in [6.07, 6.45) is 1.68. The van der Waals surface area contributed by atoms with Crippen molar-refractivity contribution < 1.29 is 19.1 Å². The van der Waals surface area contributed by atoms with E-state index in [1.54, 1.807) is 24.3 Å². The van der Waals surface area contributed by atoms with Gasteiger partial charge in [-0.25, -0.2) is 4.79 Å². The molecule has 3 N–H and O–H groups in total. The molecule has 0 aliphatic heterocycles. The van der Waals surface area contributed by atoms with Crippen LogP contribution < -0.4 is 15.8 Å². The van der Waals surface area contributed by atoms with E-state index in [0.29, 0.717) is 18.0 Å². The average molecular weight is 294 g/mol. The van der Waals surface area contributed by atoms with Gasteiger partial charge in [0, 0.05) is 12.2 Å². The van der Waals surface area contributed by atoms with Crippen LogP contribution in [-0.2, 0) is 14.3 Å². The Morgan fingerprint density at radius 3 is 2.48 bits per heavy atom. The Morgan fingerprint density at radius 1 is 1.29 bits per heavy atom. The molecule has 1 amide bonds. The summed E-state index contributed by atoms with van der Waals surface area (Å²) in [5.41, 5.74) is 6.26. The summed E-state index contributed by atoms with van der Waals surface area (Å²) in [5.74, 6) is -0.173. The second-order valence-corrected chi connectivity index (χ2v) is 4.60. The fourth-order valence-electron chi connectivity index (χ4n) is 1.78. The first kappa shape index (κ1) is 17.0. The summed E-state index contributed by atoms with van der Waals surface area (Å²) < 4.78 is 9.70. The summed E-state index contributed by atoms with van der Waals surface area (Å²) in [6, 6.07) is 6.78. The minimum Gasteiger partial charge on any atom is -0.482 e. The number of methoxy groups -OCH3 is 1. The largest absolute Gasteiger partial charge is 0.482 e. The maximum Gasteiger partial charge on any atom is 0.343 e. The van der Waals surface area contributed by atoms with E-state index in [9.17, 15) is 9.59 Å². The van der Waals surface area contributed by atoms with Crippen molar-refractivity contribution >= 4 is 17.6 Å². The molecule has 1 rings (SSSR count). The summed E-state index contributed by atoms with van der Waals surface area (Å²) in [4.78, 5) is 22.9. The van der Waals surface area contributed by atoms with Crippen LogP contribution >= 0.6 is 0 Å². The van der Waals surface area contributed by atoms with Crippen LogP contribution in [0.5, 0.6) is 5.75 Å². The number of anilines is 1. The lowest BCUT2D eigenvalue weighted by Crippen LogP contribution is -2.29. The van der Waals surface area contributed by atoms with Crippen LogP contribution in [0, 0.1) is 5.92 Å². The topological polar surface area (TPSA) is 90.7 Å². The number of esters is 1. The maximum absolute atomic E-state index is 12.0. The molecule has 116 valence electrons. The first-order chi connectivity index (χ1) is 10.1. The number of hydrogen-bond donors (Lipinski definition) is 2. The zero-order valence-electron chi connectivity index (χ0n) is 12.4. The quantitative estimate of drug-likeness (QED) is 0.710. The fraction of sp³-hybridized carbons (Fsp3) is 0.467. The molecule has 0 heterocycles. The van der Waals surface area contributed by atoms with Crippen LogP contribution in [0.15, 0.2) is 24.3 Å². The zero-order chi connectivity index (χ0) is 15.7. The van der Waals surface area contributed by atoms with Gasteiger partial charge in [0.1, 0.15) is 5.75 Å². The van der Waals surface area contributed by atoms with E-state index in [-0.39, 0.29) is 18.4 Å². The number of hydrogen-bond acceptors (Lipinski definition) is 5. The lowest BCUT2D eigenvalue weighted by molar-refractivity contribution is -0.142. The Kier molecular flexibility index (Phi) is 7.25. The molecule has 0 saturated carbocycles. The van der Waals surface area contributed by atoms with Crippen molar-refractivity contribution in [1.29, 1.82) is 0 Å². The molecule has 0 aromatic heterocycles. The van der Waals surface area contributed by atoms with E-state index < -0.39 is 5.97 Å². The number of carbonyl (C=O) groups excluding carboxylic acids is 2. The van der Waals surface area contributed by atoms with Crippen molar-refractivity contribution in [1.82, 2.24) is 0 Å². The number of carbonyl (C=O) groups is 2. The Labute approximate surface area is 124 Å². The lowest BCUT2D eigenvalue weighted by Gasteiger charge is -2.14.